The molecule has 1 aromatic rings. The molecule has 10 nitrogen and oxygen atoms in total. The molecule has 33 heavy (non-hydrogen) atoms. The number of nitrogens with one attached hydrogen (secondary N) is 1. The summed E-state index contributed by atoms with van der Waals surface area (Å²) >= 11 is 0. The zero-order chi connectivity index (χ0) is 23.9. The van der Waals surface area contributed by atoms with Gasteiger partial charge in [0.05, 0.1) is 6.54 Å². The number of anilines is 2. The number of halogens is 3. The number of hydroxylamine groups is 1. The molecule has 13 heteroatoms. The van der Waals surface area contributed by atoms with E-state index in [-0.39, 0.29) is 24.1 Å². The number of piperazine rings is 1. The van der Waals surface area contributed by atoms with Crippen molar-refractivity contribution in [1.29, 1.82) is 0 Å². The Morgan fingerprint density at radius 1 is 1.21 bits per heavy atom. The van der Waals surface area contributed by atoms with Crippen LogP contribution in [-0.4, -0.2) is 65.2 Å². The fourth-order valence-corrected chi connectivity index (χ4v) is 4.31. The van der Waals surface area contributed by atoms with Crippen LogP contribution in [0.3, 0.4) is 0 Å². The van der Waals surface area contributed by atoms with Crippen LogP contribution in [-0.2, 0) is 16.7 Å². The smallest absolute Gasteiger partial charge is 0.327 e. The van der Waals surface area contributed by atoms with Gasteiger partial charge in [0.1, 0.15) is 0 Å². The quantitative estimate of drug-likeness (QED) is 0.622. The fourth-order valence-electron chi connectivity index (χ4n) is 4.31. The van der Waals surface area contributed by atoms with Crippen molar-refractivity contribution in [1.82, 2.24) is 19.4 Å². The molecule has 0 aromatic carbocycles. The average molecular weight is 470 g/mol. The molecule has 0 amide bonds. The van der Waals surface area contributed by atoms with E-state index >= 15 is 0 Å². The van der Waals surface area contributed by atoms with E-state index in [0.29, 0.717) is 39.0 Å². The SMILES string of the molecule is CC#CCN1c2c(n(C3CCC3)c(=O)n(C)c2=O)N(OC(=O)C(F)(F)F)C1N1CCNCC1. The molecule has 180 valence electrons. The van der Waals surface area contributed by atoms with E-state index in [1.807, 2.05) is 0 Å². The zero-order valence-corrected chi connectivity index (χ0v) is 18.3. The Hall–Kier alpha value is -2.98. The van der Waals surface area contributed by atoms with Gasteiger partial charge in [0.2, 0.25) is 0 Å². The number of fused-ring (bicyclic) bond motifs is 1. The summed E-state index contributed by atoms with van der Waals surface area (Å²) in [6.45, 7) is 3.54. The molecule has 1 saturated heterocycles. The van der Waals surface area contributed by atoms with Gasteiger partial charge in [0.25, 0.3) is 5.56 Å². The highest BCUT2D eigenvalue weighted by atomic mass is 19.4. The van der Waals surface area contributed by atoms with E-state index in [1.54, 1.807) is 11.8 Å². The molecule has 1 atom stereocenters. The van der Waals surface area contributed by atoms with Crippen LogP contribution in [0.25, 0.3) is 0 Å². The van der Waals surface area contributed by atoms with Crippen molar-refractivity contribution in [2.45, 2.75) is 44.7 Å². The molecule has 1 N–H and O–H groups in total. The minimum absolute atomic E-state index is 0.00370. The molecule has 2 aliphatic heterocycles. The maximum absolute atomic E-state index is 13.2. The number of carbonyl (C=O) groups is 1. The summed E-state index contributed by atoms with van der Waals surface area (Å²) in [5.41, 5.74) is -1.36. The topological polar surface area (TPSA) is 92.0 Å². The number of carbonyl (C=O) groups excluding carboxylic acids is 1. The van der Waals surface area contributed by atoms with Crippen molar-refractivity contribution in [2.75, 3.05) is 42.7 Å². The second kappa shape index (κ2) is 8.75. The van der Waals surface area contributed by atoms with Gasteiger partial charge in [-0.1, -0.05) is 5.92 Å². The molecule has 0 radical (unpaired) electrons. The number of hydrogen-bond donors (Lipinski definition) is 1. The van der Waals surface area contributed by atoms with Gasteiger partial charge in [-0.15, -0.1) is 11.0 Å². The molecule has 3 aliphatic rings. The Morgan fingerprint density at radius 2 is 1.88 bits per heavy atom. The molecular weight excluding hydrogens is 445 g/mol. The minimum atomic E-state index is -5.26. The third-order valence-electron chi connectivity index (χ3n) is 6.18. The lowest BCUT2D eigenvalue weighted by Gasteiger charge is -2.40. The van der Waals surface area contributed by atoms with Crippen LogP contribution >= 0.6 is 0 Å². The van der Waals surface area contributed by atoms with Gasteiger partial charge in [-0.3, -0.25) is 18.8 Å². The molecule has 0 spiro atoms. The lowest BCUT2D eigenvalue weighted by Crippen LogP contribution is -2.61. The van der Waals surface area contributed by atoms with Crippen molar-refractivity contribution >= 4 is 17.5 Å². The highest BCUT2D eigenvalue weighted by Gasteiger charge is 2.51. The van der Waals surface area contributed by atoms with Crippen LogP contribution in [0, 0.1) is 11.8 Å². The normalized spacial score (nSPS) is 21.3. The van der Waals surface area contributed by atoms with Crippen LogP contribution in [0.1, 0.15) is 32.2 Å². The summed E-state index contributed by atoms with van der Waals surface area (Å²) in [4.78, 5) is 46.5. The summed E-state index contributed by atoms with van der Waals surface area (Å²) in [5.74, 6) is 3.02. The molecule has 1 aromatic heterocycles. The van der Waals surface area contributed by atoms with Crippen molar-refractivity contribution in [3.05, 3.63) is 20.8 Å². The van der Waals surface area contributed by atoms with Crippen molar-refractivity contribution in [3.8, 4) is 11.8 Å². The van der Waals surface area contributed by atoms with Gasteiger partial charge in [-0.05, 0) is 26.2 Å². The van der Waals surface area contributed by atoms with E-state index in [4.69, 9.17) is 4.84 Å². The van der Waals surface area contributed by atoms with Crippen LogP contribution in [0.2, 0.25) is 0 Å². The fraction of sp³-hybridized carbons (Fsp3) is 0.650. The Bertz CT molecular complexity index is 1110. The first-order valence-electron chi connectivity index (χ1n) is 10.7. The van der Waals surface area contributed by atoms with Crippen molar-refractivity contribution < 1.29 is 22.8 Å². The lowest BCUT2D eigenvalue weighted by atomic mass is 9.93. The largest absolute Gasteiger partial charge is 0.493 e. The second-order valence-corrected chi connectivity index (χ2v) is 8.16. The van der Waals surface area contributed by atoms with Gasteiger partial charge >= 0.3 is 17.8 Å². The molecule has 0 bridgehead atoms. The third-order valence-corrected chi connectivity index (χ3v) is 6.18. The van der Waals surface area contributed by atoms with E-state index in [1.165, 1.54) is 16.5 Å². The maximum atomic E-state index is 13.2. The second-order valence-electron chi connectivity index (χ2n) is 8.16. The first kappa shape index (κ1) is 23.2. The van der Waals surface area contributed by atoms with Crippen LogP contribution < -0.4 is 26.5 Å². The summed E-state index contributed by atoms with van der Waals surface area (Å²) in [6, 6.07) is -0.314. The van der Waals surface area contributed by atoms with Gasteiger partial charge in [-0.2, -0.15) is 13.2 Å². The Balaban J connectivity index is 1.95. The molecule has 1 saturated carbocycles. The van der Waals surface area contributed by atoms with E-state index < -0.39 is 29.7 Å². The molecule has 1 aliphatic carbocycles. The first-order valence-corrected chi connectivity index (χ1v) is 10.7. The predicted molar refractivity (Wildman–Crippen MR) is 112 cm³/mol. The van der Waals surface area contributed by atoms with Crippen LogP contribution in [0.5, 0.6) is 0 Å². The predicted octanol–water partition coefficient (Wildman–Crippen LogP) is 0.131. The number of aromatic nitrogens is 2. The minimum Gasteiger partial charge on any atom is -0.327 e. The Kier molecular flexibility index (Phi) is 6.15. The van der Waals surface area contributed by atoms with Gasteiger partial charge in [-0.25, -0.2) is 9.59 Å². The molecule has 1 unspecified atom stereocenters. The van der Waals surface area contributed by atoms with Crippen LogP contribution in [0.15, 0.2) is 9.59 Å². The maximum Gasteiger partial charge on any atom is 0.493 e. The number of nitrogens with zero attached hydrogens (tertiary/aromatic N) is 5. The van der Waals surface area contributed by atoms with Crippen molar-refractivity contribution in [3.63, 3.8) is 0 Å². The monoisotopic (exact) mass is 470 g/mol. The van der Waals surface area contributed by atoms with Gasteiger partial charge in [0.15, 0.2) is 17.8 Å². The number of hydrogen-bond acceptors (Lipinski definition) is 8. The highest BCUT2D eigenvalue weighted by Crippen LogP contribution is 2.43. The molecule has 4 rings (SSSR count). The summed E-state index contributed by atoms with van der Waals surface area (Å²) in [6.07, 6.45) is -4.23. The number of rotatable bonds is 4. The summed E-state index contributed by atoms with van der Waals surface area (Å²) < 4.78 is 41.9. The third kappa shape index (κ3) is 3.97. The molecular formula is C20H25F3N6O4. The zero-order valence-electron chi connectivity index (χ0n) is 18.3. The summed E-state index contributed by atoms with van der Waals surface area (Å²) in [5, 5.41) is 3.95. The van der Waals surface area contributed by atoms with E-state index in [9.17, 15) is 27.6 Å². The first-order chi connectivity index (χ1) is 15.7. The Morgan fingerprint density at radius 3 is 2.42 bits per heavy atom. The van der Waals surface area contributed by atoms with E-state index in [0.717, 1.165) is 16.1 Å². The van der Waals surface area contributed by atoms with Gasteiger partial charge < -0.3 is 15.1 Å². The van der Waals surface area contributed by atoms with Crippen molar-refractivity contribution in [2.24, 2.45) is 7.05 Å². The summed E-state index contributed by atoms with van der Waals surface area (Å²) in [7, 11) is 1.33. The van der Waals surface area contributed by atoms with Gasteiger partial charge in [0, 0.05) is 39.3 Å². The highest BCUT2D eigenvalue weighted by molar-refractivity contribution is 5.80. The molecule has 3 heterocycles. The average Bonchev–Trinajstić information content (AvgIpc) is 3.05. The Labute approximate surface area is 187 Å². The standard InChI is InChI=1S/C20H25F3N6O4/c1-3-4-10-27-14-15(28(13-6-5-7-13)19(32)25(2)16(14)30)29(33-17(31)20(21,22)23)18(27)26-11-8-24-9-12-26/h13,18,24H,5-12H2,1-2H3. The van der Waals surface area contributed by atoms with E-state index in [2.05, 4.69) is 17.2 Å². The number of alkyl halides is 3. The van der Waals surface area contributed by atoms with Crippen LogP contribution in [0.4, 0.5) is 24.7 Å². The molecule has 2 fully saturated rings. The lowest BCUT2D eigenvalue weighted by molar-refractivity contribution is -0.203.